The molecule has 4 aromatic rings. The molecule has 7 heteroatoms. The fourth-order valence-corrected chi connectivity index (χ4v) is 3.50. The fraction of sp³-hybridized carbons (Fsp3) is 0. The Morgan fingerprint density at radius 3 is 2.77 bits per heavy atom. The first-order valence-corrected chi connectivity index (χ1v) is 9.38. The third-order valence-electron chi connectivity index (χ3n) is 3.78. The Morgan fingerprint density at radius 2 is 2.00 bits per heavy atom. The van der Waals surface area contributed by atoms with Gasteiger partial charge in [0.1, 0.15) is 11.5 Å². The van der Waals surface area contributed by atoms with E-state index in [-0.39, 0.29) is 11.3 Å². The molecule has 0 saturated carbocycles. The van der Waals surface area contributed by atoms with Crippen LogP contribution in [0.3, 0.4) is 0 Å². The van der Waals surface area contributed by atoms with E-state index >= 15 is 0 Å². The van der Waals surface area contributed by atoms with Gasteiger partial charge in [-0.15, -0.1) is 11.3 Å². The Morgan fingerprint density at radius 1 is 1.15 bits per heavy atom. The summed E-state index contributed by atoms with van der Waals surface area (Å²) in [6.07, 6.45) is 0. The van der Waals surface area contributed by atoms with Crippen LogP contribution in [-0.4, -0.2) is 10.9 Å². The van der Waals surface area contributed by atoms with Crippen LogP contribution in [0.5, 0.6) is 0 Å². The van der Waals surface area contributed by atoms with Crippen LogP contribution in [0, 0.1) is 0 Å². The van der Waals surface area contributed by atoms with Crippen LogP contribution in [0.15, 0.2) is 73.1 Å². The molecule has 0 atom stereocenters. The first-order chi connectivity index (χ1) is 12.6. The second-order valence-electron chi connectivity index (χ2n) is 5.50. The molecule has 0 fully saturated rings. The van der Waals surface area contributed by atoms with Gasteiger partial charge in [0.2, 0.25) is 0 Å². The Balaban J connectivity index is 1.84. The van der Waals surface area contributed by atoms with Crippen LogP contribution in [-0.2, 0) is 0 Å². The van der Waals surface area contributed by atoms with Gasteiger partial charge in [-0.05, 0) is 24.3 Å². The van der Waals surface area contributed by atoms with Crippen molar-refractivity contribution in [3.63, 3.8) is 0 Å². The standard InChI is InChI=1S/C19H11BrN2O3S/c20-12-4-1-3-11(7-12)17-8-16(23)13-5-2-6-14(18(13)25-17)22-19(24)15-9-26-10-21-15/h1-10H,(H,22,24). The minimum absolute atomic E-state index is 0.175. The lowest BCUT2D eigenvalue weighted by Gasteiger charge is -2.09. The van der Waals surface area contributed by atoms with Crippen molar-refractivity contribution in [3.05, 3.63) is 79.8 Å². The quantitative estimate of drug-likeness (QED) is 0.503. The lowest BCUT2D eigenvalue weighted by Crippen LogP contribution is -2.13. The van der Waals surface area contributed by atoms with Crippen LogP contribution in [0.4, 0.5) is 5.69 Å². The highest BCUT2D eigenvalue weighted by molar-refractivity contribution is 9.10. The molecule has 0 bridgehead atoms. The molecule has 0 aliphatic carbocycles. The first kappa shape index (κ1) is 16.7. The molecule has 0 saturated heterocycles. The number of rotatable bonds is 3. The molecule has 5 nitrogen and oxygen atoms in total. The highest BCUT2D eigenvalue weighted by Crippen LogP contribution is 2.28. The number of thiazole rings is 1. The summed E-state index contributed by atoms with van der Waals surface area (Å²) >= 11 is 4.75. The molecule has 2 heterocycles. The predicted molar refractivity (Wildman–Crippen MR) is 106 cm³/mol. The monoisotopic (exact) mass is 426 g/mol. The molecule has 0 aliphatic heterocycles. The number of fused-ring (bicyclic) bond motifs is 1. The van der Waals surface area contributed by atoms with Gasteiger partial charge in [-0.1, -0.05) is 34.1 Å². The number of para-hydroxylation sites is 1. The third-order valence-corrected chi connectivity index (χ3v) is 4.86. The second kappa shape index (κ2) is 6.86. The minimum Gasteiger partial charge on any atom is -0.454 e. The number of halogens is 1. The van der Waals surface area contributed by atoms with Gasteiger partial charge < -0.3 is 9.73 Å². The van der Waals surface area contributed by atoms with Crippen LogP contribution in [0.1, 0.15) is 10.5 Å². The Labute approximate surface area is 160 Å². The number of nitrogens with zero attached hydrogens (tertiary/aromatic N) is 1. The average molecular weight is 427 g/mol. The van der Waals surface area contributed by atoms with E-state index in [1.807, 2.05) is 24.3 Å². The molecule has 0 spiro atoms. The molecule has 0 unspecified atom stereocenters. The SMILES string of the molecule is O=C(Nc1cccc2c(=O)cc(-c3cccc(Br)c3)oc12)c1cscn1. The summed E-state index contributed by atoms with van der Waals surface area (Å²) in [7, 11) is 0. The number of anilines is 1. The van der Waals surface area contributed by atoms with Crippen LogP contribution >= 0.6 is 27.3 Å². The van der Waals surface area contributed by atoms with Gasteiger partial charge in [-0.3, -0.25) is 9.59 Å². The summed E-state index contributed by atoms with van der Waals surface area (Å²) in [5, 5.41) is 4.83. The van der Waals surface area contributed by atoms with E-state index in [1.54, 1.807) is 29.1 Å². The van der Waals surface area contributed by atoms with Crippen molar-refractivity contribution in [1.82, 2.24) is 4.98 Å². The van der Waals surface area contributed by atoms with E-state index in [0.29, 0.717) is 28.1 Å². The number of carbonyl (C=O) groups excluding carboxylic acids is 1. The highest BCUT2D eigenvalue weighted by Gasteiger charge is 2.14. The van der Waals surface area contributed by atoms with Crippen molar-refractivity contribution in [1.29, 1.82) is 0 Å². The van der Waals surface area contributed by atoms with Crippen LogP contribution in [0.2, 0.25) is 0 Å². The smallest absolute Gasteiger partial charge is 0.275 e. The van der Waals surface area contributed by atoms with Gasteiger partial charge in [-0.25, -0.2) is 4.98 Å². The predicted octanol–water partition coefficient (Wildman–Crippen LogP) is 4.93. The molecule has 1 N–H and O–H groups in total. The van der Waals surface area contributed by atoms with E-state index in [9.17, 15) is 9.59 Å². The van der Waals surface area contributed by atoms with Gasteiger partial charge >= 0.3 is 0 Å². The van der Waals surface area contributed by atoms with Crippen LogP contribution < -0.4 is 10.7 Å². The van der Waals surface area contributed by atoms with E-state index in [0.717, 1.165) is 10.0 Å². The van der Waals surface area contributed by atoms with E-state index in [1.165, 1.54) is 17.4 Å². The number of hydrogen-bond acceptors (Lipinski definition) is 5. The number of benzene rings is 2. The van der Waals surface area contributed by atoms with Gasteiger partial charge in [0.05, 0.1) is 16.6 Å². The van der Waals surface area contributed by atoms with Crippen LogP contribution in [0.25, 0.3) is 22.3 Å². The lowest BCUT2D eigenvalue weighted by molar-refractivity contribution is 0.102. The molecule has 128 valence electrons. The summed E-state index contributed by atoms with van der Waals surface area (Å²) in [6.45, 7) is 0. The van der Waals surface area contributed by atoms with Crippen molar-refractivity contribution in [2.45, 2.75) is 0 Å². The molecule has 2 aromatic carbocycles. The topological polar surface area (TPSA) is 72.2 Å². The van der Waals surface area contributed by atoms with Crippen molar-refractivity contribution < 1.29 is 9.21 Å². The average Bonchev–Trinajstić information content (AvgIpc) is 3.17. The number of nitrogens with one attached hydrogen (secondary N) is 1. The molecule has 1 amide bonds. The van der Waals surface area contributed by atoms with Gasteiger partial charge in [0, 0.05) is 21.5 Å². The summed E-state index contributed by atoms with van der Waals surface area (Å²) in [4.78, 5) is 28.8. The van der Waals surface area contributed by atoms with E-state index in [4.69, 9.17) is 4.42 Å². The fourth-order valence-electron chi connectivity index (χ4n) is 2.57. The maximum atomic E-state index is 12.5. The zero-order valence-corrected chi connectivity index (χ0v) is 15.6. The Hall–Kier alpha value is -2.77. The third kappa shape index (κ3) is 3.18. The molecule has 4 rings (SSSR count). The minimum atomic E-state index is -0.353. The zero-order valence-electron chi connectivity index (χ0n) is 13.2. The molecule has 2 aromatic heterocycles. The summed E-state index contributed by atoms with van der Waals surface area (Å²) in [5.74, 6) is 0.0772. The van der Waals surface area contributed by atoms with Gasteiger partial charge in [-0.2, -0.15) is 0 Å². The summed E-state index contributed by atoms with van der Waals surface area (Å²) < 4.78 is 6.86. The number of amides is 1. The normalized spacial score (nSPS) is 10.8. The Kier molecular flexibility index (Phi) is 4.40. The lowest BCUT2D eigenvalue weighted by atomic mass is 10.1. The summed E-state index contributed by atoms with van der Waals surface area (Å²) in [6, 6.07) is 14.0. The molecular weight excluding hydrogens is 416 g/mol. The maximum absolute atomic E-state index is 12.5. The first-order valence-electron chi connectivity index (χ1n) is 7.64. The van der Waals surface area contributed by atoms with Crippen molar-refractivity contribution in [3.8, 4) is 11.3 Å². The molecular formula is C19H11BrN2O3S. The molecule has 26 heavy (non-hydrogen) atoms. The Bertz CT molecular complexity index is 1170. The maximum Gasteiger partial charge on any atom is 0.275 e. The molecule has 0 aliphatic rings. The van der Waals surface area contributed by atoms with Gasteiger partial charge in [0.25, 0.3) is 5.91 Å². The van der Waals surface area contributed by atoms with E-state index < -0.39 is 0 Å². The summed E-state index contributed by atoms with van der Waals surface area (Å²) in [5.41, 5.74) is 3.25. The van der Waals surface area contributed by atoms with Gasteiger partial charge in [0.15, 0.2) is 11.0 Å². The zero-order chi connectivity index (χ0) is 18.1. The number of hydrogen-bond donors (Lipinski definition) is 1. The molecule has 0 radical (unpaired) electrons. The van der Waals surface area contributed by atoms with Crippen molar-refractivity contribution in [2.75, 3.05) is 5.32 Å². The van der Waals surface area contributed by atoms with Crippen molar-refractivity contribution in [2.24, 2.45) is 0 Å². The second-order valence-corrected chi connectivity index (χ2v) is 7.13. The number of carbonyl (C=O) groups is 1. The highest BCUT2D eigenvalue weighted by atomic mass is 79.9. The van der Waals surface area contributed by atoms with Crippen molar-refractivity contribution >= 4 is 49.8 Å². The number of aromatic nitrogens is 1. The van der Waals surface area contributed by atoms with E-state index in [2.05, 4.69) is 26.2 Å². The largest absolute Gasteiger partial charge is 0.454 e.